The van der Waals surface area contributed by atoms with E-state index in [-0.39, 0.29) is 17.0 Å². The average Bonchev–Trinajstić information content (AvgIpc) is 3.32. The number of thioether (sulfide) groups is 1. The van der Waals surface area contributed by atoms with Crippen molar-refractivity contribution in [1.82, 2.24) is 9.78 Å². The molecule has 2 aliphatic rings. The molecule has 25 heavy (non-hydrogen) atoms. The summed E-state index contributed by atoms with van der Waals surface area (Å²) in [5, 5.41) is 7.70. The first-order valence-corrected chi connectivity index (χ1v) is 9.54. The minimum absolute atomic E-state index is 0.0963. The van der Waals surface area contributed by atoms with Gasteiger partial charge in [-0.2, -0.15) is 5.10 Å². The summed E-state index contributed by atoms with van der Waals surface area (Å²) in [6, 6.07) is 4.74. The van der Waals surface area contributed by atoms with Crippen LogP contribution < -0.4 is 5.32 Å². The van der Waals surface area contributed by atoms with E-state index >= 15 is 0 Å². The molecule has 1 atom stereocenters. The summed E-state index contributed by atoms with van der Waals surface area (Å²) in [7, 11) is 1.82. The summed E-state index contributed by atoms with van der Waals surface area (Å²) in [6.07, 6.45) is 2.17. The molecule has 1 saturated carbocycles. The van der Waals surface area contributed by atoms with Crippen LogP contribution in [0, 0.1) is 5.82 Å². The molecule has 1 amide bonds. The highest BCUT2D eigenvalue weighted by molar-refractivity contribution is 8.01. The van der Waals surface area contributed by atoms with Gasteiger partial charge in [-0.25, -0.2) is 4.39 Å². The van der Waals surface area contributed by atoms with Gasteiger partial charge in [0.2, 0.25) is 5.91 Å². The zero-order chi connectivity index (χ0) is 17.9. The number of nitrogens with one attached hydrogen (secondary N) is 1. The normalized spacial score (nSPS) is 22.3. The highest BCUT2D eigenvalue weighted by Crippen LogP contribution is 2.53. The second-order valence-corrected chi connectivity index (χ2v) is 9.34. The summed E-state index contributed by atoms with van der Waals surface area (Å²) in [5.41, 5.74) is 2.44. The molecule has 0 bridgehead atoms. The van der Waals surface area contributed by atoms with Crippen molar-refractivity contribution in [2.75, 3.05) is 5.32 Å². The van der Waals surface area contributed by atoms with Gasteiger partial charge in [0.1, 0.15) is 11.6 Å². The van der Waals surface area contributed by atoms with Crippen LogP contribution in [0.5, 0.6) is 0 Å². The number of halogens is 2. The lowest BCUT2D eigenvalue weighted by atomic mass is 10.0. The molecule has 0 spiro atoms. The van der Waals surface area contributed by atoms with Crippen molar-refractivity contribution in [3.8, 4) is 0 Å². The Morgan fingerprint density at radius 1 is 1.40 bits per heavy atom. The van der Waals surface area contributed by atoms with E-state index in [1.807, 2.05) is 20.9 Å². The number of fused-ring (bicyclic) bond motifs is 1. The molecule has 1 aliphatic carbocycles. The maximum Gasteiger partial charge on any atom is 0.241 e. The number of rotatable bonds is 2. The molecule has 4 nitrogen and oxygen atoms in total. The van der Waals surface area contributed by atoms with Crippen LogP contribution >= 0.6 is 23.4 Å². The molecular weight excluding hydrogens is 361 g/mol. The maximum absolute atomic E-state index is 14.7. The maximum atomic E-state index is 14.7. The van der Waals surface area contributed by atoms with Gasteiger partial charge in [-0.05, 0) is 38.8 Å². The van der Waals surface area contributed by atoms with Crippen LogP contribution in [0.3, 0.4) is 0 Å². The van der Waals surface area contributed by atoms with Gasteiger partial charge < -0.3 is 5.32 Å². The summed E-state index contributed by atoms with van der Waals surface area (Å²) in [5.74, 6) is 0.614. The molecule has 1 unspecified atom stereocenters. The van der Waals surface area contributed by atoms with Gasteiger partial charge in [-0.1, -0.05) is 17.7 Å². The quantitative estimate of drug-likeness (QED) is 0.826. The van der Waals surface area contributed by atoms with Gasteiger partial charge in [-0.15, -0.1) is 11.8 Å². The van der Waals surface area contributed by atoms with Crippen LogP contribution in [0.25, 0.3) is 0 Å². The number of amides is 1. The van der Waals surface area contributed by atoms with Crippen LogP contribution in [-0.2, 0) is 11.8 Å². The molecule has 4 rings (SSSR count). The van der Waals surface area contributed by atoms with Crippen molar-refractivity contribution in [3.63, 3.8) is 0 Å². The van der Waals surface area contributed by atoms with E-state index in [4.69, 9.17) is 11.6 Å². The van der Waals surface area contributed by atoms with Crippen LogP contribution in [0.1, 0.15) is 54.7 Å². The number of nitrogens with zero attached hydrogens (tertiary/aromatic N) is 2. The molecule has 1 aliphatic heterocycles. The predicted octanol–water partition coefficient (Wildman–Crippen LogP) is 4.64. The van der Waals surface area contributed by atoms with Gasteiger partial charge in [0.15, 0.2) is 0 Å². The number of hydrogen-bond donors (Lipinski definition) is 1. The smallest absolute Gasteiger partial charge is 0.241 e. The van der Waals surface area contributed by atoms with Crippen molar-refractivity contribution < 1.29 is 9.18 Å². The van der Waals surface area contributed by atoms with Gasteiger partial charge in [-0.3, -0.25) is 9.48 Å². The van der Waals surface area contributed by atoms with E-state index < -0.39 is 4.75 Å². The monoisotopic (exact) mass is 379 g/mol. The Balaban J connectivity index is 1.94. The van der Waals surface area contributed by atoms with Crippen LogP contribution in [-0.4, -0.2) is 20.4 Å². The minimum atomic E-state index is -0.698. The molecular formula is C18H19ClFN3OS. The Morgan fingerprint density at radius 3 is 2.76 bits per heavy atom. The van der Waals surface area contributed by atoms with Crippen molar-refractivity contribution in [2.24, 2.45) is 7.05 Å². The highest BCUT2D eigenvalue weighted by atomic mass is 35.5. The molecule has 0 saturated heterocycles. The fourth-order valence-corrected chi connectivity index (χ4v) is 4.80. The SMILES string of the molecule is Cn1nc(C2CC2)c2c1NC(=O)C(C)(C)SC2c1ccc(Cl)cc1F. The Hall–Kier alpha value is -1.53. The van der Waals surface area contributed by atoms with Crippen molar-refractivity contribution in [1.29, 1.82) is 0 Å². The molecule has 1 aromatic heterocycles. The minimum Gasteiger partial charge on any atom is -0.309 e. The Morgan fingerprint density at radius 2 is 2.12 bits per heavy atom. The number of carbonyl (C=O) groups excluding carboxylic acids is 1. The first-order valence-electron chi connectivity index (χ1n) is 8.29. The van der Waals surface area contributed by atoms with Gasteiger partial charge in [0.25, 0.3) is 0 Å². The average molecular weight is 380 g/mol. The first-order chi connectivity index (χ1) is 11.8. The number of aryl methyl sites for hydroxylation is 1. The second-order valence-electron chi connectivity index (χ2n) is 7.17. The second kappa shape index (κ2) is 5.74. The summed E-state index contributed by atoms with van der Waals surface area (Å²) in [6.45, 7) is 3.73. The van der Waals surface area contributed by atoms with Crippen LogP contribution in [0.2, 0.25) is 5.02 Å². The topological polar surface area (TPSA) is 46.9 Å². The van der Waals surface area contributed by atoms with E-state index in [1.54, 1.807) is 16.8 Å². The number of benzene rings is 1. The molecule has 2 aromatic rings. The molecule has 1 aromatic carbocycles. The number of hydrogen-bond acceptors (Lipinski definition) is 3. The molecule has 1 N–H and O–H groups in total. The fourth-order valence-electron chi connectivity index (χ4n) is 3.22. The third-order valence-electron chi connectivity index (χ3n) is 4.77. The van der Waals surface area contributed by atoms with Crippen LogP contribution in [0.15, 0.2) is 18.2 Å². The molecule has 2 heterocycles. The summed E-state index contributed by atoms with van der Waals surface area (Å²) >= 11 is 7.39. The lowest BCUT2D eigenvalue weighted by molar-refractivity contribution is -0.117. The lowest BCUT2D eigenvalue weighted by Crippen LogP contribution is -2.33. The van der Waals surface area contributed by atoms with Crippen molar-refractivity contribution >= 4 is 35.1 Å². The lowest BCUT2D eigenvalue weighted by Gasteiger charge is -2.25. The number of aromatic nitrogens is 2. The van der Waals surface area contributed by atoms with Crippen LogP contribution in [0.4, 0.5) is 10.2 Å². The van der Waals surface area contributed by atoms with Gasteiger partial charge in [0.05, 0.1) is 15.7 Å². The Bertz CT molecular complexity index is 875. The summed E-state index contributed by atoms with van der Waals surface area (Å²) < 4.78 is 15.7. The van der Waals surface area contributed by atoms with Gasteiger partial charge in [0, 0.05) is 29.1 Å². The summed E-state index contributed by atoms with van der Waals surface area (Å²) in [4.78, 5) is 12.7. The predicted molar refractivity (Wildman–Crippen MR) is 98.7 cm³/mol. The highest BCUT2D eigenvalue weighted by Gasteiger charge is 2.43. The van der Waals surface area contributed by atoms with E-state index in [0.29, 0.717) is 22.3 Å². The molecule has 132 valence electrons. The zero-order valence-corrected chi connectivity index (χ0v) is 15.8. The largest absolute Gasteiger partial charge is 0.309 e. The Kier molecular flexibility index (Phi) is 3.88. The zero-order valence-electron chi connectivity index (χ0n) is 14.3. The molecule has 7 heteroatoms. The molecule has 1 fully saturated rings. The standard InChI is InChI=1S/C18H19ClFN3OS/c1-18(2)17(24)21-16-13(14(9-4-5-9)22-23(16)3)15(25-18)11-7-6-10(19)8-12(11)20/h6-9,15H,4-5H2,1-3H3,(H,21,24). The Labute approximate surface area is 155 Å². The fraction of sp³-hybridized carbons (Fsp3) is 0.444. The van der Waals surface area contributed by atoms with E-state index in [1.165, 1.54) is 17.8 Å². The molecule has 0 radical (unpaired) electrons. The van der Waals surface area contributed by atoms with E-state index in [0.717, 1.165) is 24.1 Å². The van der Waals surface area contributed by atoms with Crippen molar-refractivity contribution in [2.45, 2.75) is 42.6 Å². The number of anilines is 1. The third-order valence-corrected chi connectivity index (χ3v) is 6.51. The number of carbonyl (C=O) groups is 1. The van der Waals surface area contributed by atoms with Crippen molar-refractivity contribution in [3.05, 3.63) is 45.9 Å². The third kappa shape index (κ3) is 2.85. The van der Waals surface area contributed by atoms with Gasteiger partial charge >= 0.3 is 0 Å². The van der Waals surface area contributed by atoms with E-state index in [9.17, 15) is 9.18 Å². The first kappa shape index (κ1) is 16.9. The van der Waals surface area contributed by atoms with E-state index in [2.05, 4.69) is 10.4 Å².